The van der Waals surface area contributed by atoms with E-state index >= 15 is 0 Å². The average molecular weight is 504 g/mol. The van der Waals surface area contributed by atoms with Crippen molar-refractivity contribution in [2.45, 2.75) is 43.5 Å². The van der Waals surface area contributed by atoms with Gasteiger partial charge in [-0.3, -0.25) is 0 Å². The minimum Gasteiger partial charge on any atom is -0.478 e. The third-order valence-electron chi connectivity index (χ3n) is 7.18. The highest BCUT2D eigenvalue weighted by molar-refractivity contribution is 7.97. The van der Waals surface area contributed by atoms with Crippen molar-refractivity contribution in [3.63, 3.8) is 0 Å². The quantitative estimate of drug-likeness (QED) is 0.381. The Morgan fingerprint density at radius 1 is 1.28 bits per heavy atom. The lowest BCUT2D eigenvalue weighted by atomic mass is 9.97. The number of fused-ring (bicyclic) bond motifs is 1. The van der Waals surface area contributed by atoms with Gasteiger partial charge >= 0.3 is 5.97 Å². The van der Waals surface area contributed by atoms with Crippen molar-refractivity contribution < 1.29 is 9.90 Å². The van der Waals surface area contributed by atoms with Crippen molar-refractivity contribution in [2.24, 2.45) is 17.6 Å². The van der Waals surface area contributed by atoms with Crippen molar-refractivity contribution in [3.8, 4) is 5.69 Å². The number of carbonyl (C=O) groups is 1. The van der Waals surface area contributed by atoms with E-state index in [-0.39, 0.29) is 17.4 Å². The van der Waals surface area contributed by atoms with Crippen LogP contribution in [0.4, 0.5) is 0 Å². The van der Waals surface area contributed by atoms with E-state index in [1.807, 2.05) is 31.1 Å². The van der Waals surface area contributed by atoms with Crippen molar-refractivity contribution >= 4 is 17.9 Å². The number of benzene rings is 2. The van der Waals surface area contributed by atoms with Gasteiger partial charge in [-0.25, -0.2) is 13.8 Å². The number of carboxylic acids is 1. The maximum absolute atomic E-state index is 12.0. The van der Waals surface area contributed by atoms with E-state index in [0.717, 1.165) is 49.4 Å². The summed E-state index contributed by atoms with van der Waals surface area (Å²) in [5, 5.41) is 17.3. The molecule has 0 saturated heterocycles. The molecule has 2 aromatic carbocycles. The predicted octanol–water partition coefficient (Wildman–Crippen LogP) is 4.79. The number of aromatic carboxylic acids is 1. The van der Waals surface area contributed by atoms with Gasteiger partial charge in [0, 0.05) is 48.8 Å². The van der Waals surface area contributed by atoms with E-state index in [1.54, 1.807) is 10.9 Å². The number of aromatic nitrogens is 2. The second-order valence-electron chi connectivity index (χ2n) is 9.71. The lowest BCUT2D eigenvalue weighted by molar-refractivity contribution is 0.0695. The molecule has 0 radical (unpaired) electrons. The first kappa shape index (κ1) is 24.5. The van der Waals surface area contributed by atoms with E-state index < -0.39 is 5.97 Å². The molecule has 2 heterocycles. The van der Waals surface area contributed by atoms with E-state index in [9.17, 15) is 9.90 Å². The van der Waals surface area contributed by atoms with Crippen molar-refractivity contribution in [2.75, 3.05) is 13.6 Å². The molecule has 0 amide bonds. The minimum absolute atomic E-state index is 0.0369. The third kappa shape index (κ3) is 5.01. The number of hydrogen-bond donors (Lipinski definition) is 3. The van der Waals surface area contributed by atoms with E-state index in [2.05, 4.69) is 58.0 Å². The van der Waals surface area contributed by atoms with Gasteiger partial charge in [0.15, 0.2) is 0 Å². The van der Waals surface area contributed by atoms with Crippen LogP contribution in [-0.2, 0) is 13.0 Å². The maximum Gasteiger partial charge on any atom is 0.339 e. The number of rotatable bonds is 8. The summed E-state index contributed by atoms with van der Waals surface area (Å²) >= 11 is 1.83. The molecule has 7 nitrogen and oxygen atoms in total. The molecule has 3 aromatic rings. The summed E-state index contributed by atoms with van der Waals surface area (Å²) in [6, 6.07) is 17.0. The molecule has 1 aliphatic heterocycles. The zero-order valence-corrected chi connectivity index (χ0v) is 21.5. The Labute approximate surface area is 216 Å². The van der Waals surface area contributed by atoms with Crippen LogP contribution in [0.1, 0.15) is 52.9 Å². The van der Waals surface area contributed by atoms with Crippen LogP contribution >= 0.6 is 11.9 Å². The topological polar surface area (TPSA) is 96.4 Å². The molecule has 5 rings (SSSR count). The first-order valence-electron chi connectivity index (χ1n) is 12.5. The fraction of sp³-hybridized carbons (Fsp3) is 0.357. The summed E-state index contributed by atoms with van der Waals surface area (Å²) in [6.45, 7) is 4.09. The predicted molar refractivity (Wildman–Crippen MR) is 143 cm³/mol. The van der Waals surface area contributed by atoms with Crippen LogP contribution in [0.5, 0.6) is 0 Å². The van der Waals surface area contributed by atoms with Gasteiger partial charge in [-0.1, -0.05) is 43.7 Å². The molecule has 1 fully saturated rings. The van der Waals surface area contributed by atoms with Gasteiger partial charge in [-0.2, -0.15) is 5.10 Å². The Kier molecular flexibility index (Phi) is 7.07. The fourth-order valence-corrected chi connectivity index (χ4v) is 6.37. The highest BCUT2D eigenvalue weighted by atomic mass is 32.2. The van der Waals surface area contributed by atoms with Crippen LogP contribution in [0.15, 0.2) is 71.5 Å². The van der Waals surface area contributed by atoms with Crippen LogP contribution in [0.3, 0.4) is 0 Å². The monoisotopic (exact) mass is 503 g/mol. The molecule has 1 aromatic heterocycles. The van der Waals surface area contributed by atoms with Gasteiger partial charge in [0.05, 0.1) is 17.6 Å². The lowest BCUT2D eigenvalue weighted by Gasteiger charge is -2.23. The molecule has 8 heteroatoms. The zero-order valence-electron chi connectivity index (χ0n) is 20.7. The minimum atomic E-state index is -0.959. The first-order chi connectivity index (χ1) is 17.5. The van der Waals surface area contributed by atoms with Crippen LogP contribution in [0, 0.1) is 11.8 Å². The summed E-state index contributed by atoms with van der Waals surface area (Å²) in [6.07, 6.45) is 6.32. The highest BCUT2D eigenvalue weighted by Crippen LogP contribution is 2.51. The van der Waals surface area contributed by atoms with Gasteiger partial charge < -0.3 is 16.2 Å². The molecule has 0 spiro atoms. The molecular weight excluding hydrogens is 470 g/mol. The second-order valence-corrected chi connectivity index (χ2v) is 10.9. The average Bonchev–Trinajstić information content (AvgIpc) is 3.58. The Hall–Kier alpha value is -3.23. The molecule has 1 aliphatic carbocycles. The zero-order chi connectivity index (χ0) is 25.2. The summed E-state index contributed by atoms with van der Waals surface area (Å²) < 4.78 is 4.25. The van der Waals surface area contributed by atoms with Gasteiger partial charge in [-0.05, 0) is 60.0 Å². The molecule has 1 saturated carbocycles. The van der Waals surface area contributed by atoms with Gasteiger partial charge in [0.25, 0.3) is 0 Å². The molecule has 188 valence electrons. The van der Waals surface area contributed by atoms with E-state index in [4.69, 9.17) is 5.73 Å². The normalized spacial score (nSPS) is 22.1. The lowest BCUT2D eigenvalue weighted by Crippen LogP contribution is -2.22. The Morgan fingerprint density at radius 3 is 2.89 bits per heavy atom. The molecule has 4 N–H and O–H groups in total. The fourth-order valence-electron chi connectivity index (χ4n) is 5.19. The maximum atomic E-state index is 12.0. The standard InChI is InChI=1S/C28H33N5O2S/c1-3-18-11-20-8-4-5-10-26(20)36-32(16-18)17-19-7-6-9-21(12-19)33-27(24(14-31-33)28(34)35)23-13-22(23)25(29)15-30-2/h4-10,12,14-15,18,22-23,30H,3,11,13,16-17,29H2,1-2H3,(H,34,35)/b25-15-/t18-,22?,23+/m0/s1. The summed E-state index contributed by atoms with van der Waals surface area (Å²) in [5.74, 6) is -0.189. The second kappa shape index (κ2) is 10.4. The van der Waals surface area contributed by atoms with Crippen LogP contribution in [-0.4, -0.2) is 38.8 Å². The molecule has 0 bridgehead atoms. The van der Waals surface area contributed by atoms with Crippen molar-refractivity contribution in [1.82, 2.24) is 19.4 Å². The van der Waals surface area contributed by atoms with Gasteiger partial charge in [-0.15, -0.1) is 0 Å². The molecule has 36 heavy (non-hydrogen) atoms. The number of nitrogens with zero attached hydrogens (tertiary/aromatic N) is 3. The highest BCUT2D eigenvalue weighted by Gasteiger charge is 2.45. The number of hydrogen-bond acceptors (Lipinski definition) is 6. The SMILES string of the molecule is CC[C@H]1Cc2ccccc2SN(Cc2cccc(-n3ncc(C(=O)O)c3[C@@H]3CC3/C(N)=C/NC)c2)C1. The number of nitrogens with one attached hydrogen (secondary N) is 1. The van der Waals surface area contributed by atoms with Crippen LogP contribution < -0.4 is 11.1 Å². The molecule has 1 unspecified atom stereocenters. The smallest absolute Gasteiger partial charge is 0.339 e. The Morgan fingerprint density at radius 2 is 2.11 bits per heavy atom. The van der Waals surface area contributed by atoms with E-state index in [0.29, 0.717) is 5.92 Å². The third-order valence-corrected chi connectivity index (χ3v) is 8.31. The number of carboxylic acid groups (broad SMARTS) is 1. The van der Waals surface area contributed by atoms with Crippen LogP contribution in [0.25, 0.3) is 5.69 Å². The van der Waals surface area contributed by atoms with Crippen molar-refractivity contribution in [3.05, 3.63) is 89.0 Å². The largest absolute Gasteiger partial charge is 0.478 e. The van der Waals surface area contributed by atoms with Crippen LogP contribution in [0.2, 0.25) is 0 Å². The summed E-state index contributed by atoms with van der Waals surface area (Å²) in [4.78, 5) is 13.3. The van der Waals surface area contributed by atoms with Gasteiger partial charge in [0.1, 0.15) is 5.56 Å². The van der Waals surface area contributed by atoms with E-state index in [1.165, 1.54) is 22.2 Å². The molecular formula is C28H33N5O2S. The van der Waals surface area contributed by atoms with Gasteiger partial charge in [0.2, 0.25) is 0 Å². The molecule has 2 aliphatic rings. The Bertz CT molecular complexity index is 1290. The first-order valence-corrected chi connectivity index (χ1v) is 13.3. The van der Waals surface area contributed by atoms with Crippen molar-refractivity contribution in [1.29, 1.82) is 0 Å². The Balaban J connectivity index is 1.42. The number of allylic oxidation sites excluding steroid dienone is 1. The summed E-state index contributed by atoms with van der Waals surface area (Å²) in [7, 11) is 1.81. The summed E-state index contributed by atoms with van der Waals surface area (Å²) in [5.41, 5.74) is 11.4. The number of nitrogens with two attached hydrogens (primary N) is 1. The molecule has 3 atom stereocenters.